The van der Waals surface area contributed by atoms with Crippen molar-refractivity contribution in [3.8, 4) is 0 Å². The van der Waals surface area contributed by atoms with E-state index < -0.39 is 12.0 Å². The minimum Gasteiger partial charge on any atom is -0.481 e. The minimum atomic E-state index is -0.689. The van der Waals surface area contributed by atoms with E-state index in [4.69, 9.17) is 31.9 Å². The van der Waals surface area contributed by atoms with Crippen molar-refractivity contribution in [3.05, 3.63) is 0 Å². The Labute approximate surface area is 239 Å². The molecule has 1 saturated heterocycles. The molecule has 0 aromatic rings. The van der Waals surface area contributed by atoms with Crippen LogP contribution in [0.1, 0.15) is 124 Å². The van der Waals surface area contributed by atoms with Crippen molar-refractivity contribution in [2.24, 2.45) is 0 Å². The Kier molecular flexibility index (Phi) is 20.7. The maximum absolute atomic E-state index is 12.1. The Morgan fingerprint density at radius 2 is 1.33 bits per heavy atom. The van der Waals surface area contributed by atoms with Gasteiger partial charge < -0.3 is 29.4 Å². The molecule has 0 aliphatic carbocycles. The number of amides is 1. The van der Waals surface area contributed by atoms with Gasteiger partial charge in [0.1, 0.15) is 26.2 Å². The highest BCUT2D eigenvalue weighted by Crippen LogP contribution is 2.27. The van der Waals surface area contributed by atoms with Gasteiger partial charge in [-0.05, 0) is 47.0 Å². The van der Waals surface area contributed by atoms with Gasteiger partial charge >= 0.3 is 5.97 Å². The van der Waals surface area contributed by atoms with Gasteiger partial charge in [0.25, 0.3) is 0 Å². The van der Waals surface area contributed by atoms with Crippen molar-refractivity contribution in [2.45, 2.75) is 161 Å². The van der Waals surface area contributed by atoms with Crippen molar-refractivity contribution < 1.29 is 33.6 Å². The van der Waals surface area contributed by atoms with Crippen molar-refractivity contribution in [2.75, 3.05) is 19.8 Å². The summed E-state index contributed by atoms with van der Waals surface area (Å²) in [5, 5.41) is 11.6. The molecule has 0 aromatic carbocycles. The van der Waals surface area contributed by atoms with Gasteiger partial charge in [-0.3, -0.25) is 9.59 Å². The lowest BCUT2D eigenvalue weighted by Crippen LogP contribution is -2.41. The summed E-state index contributed by atoms with van der Waals surface area (Å²) < 4.78 is 23.7. The molecule has 4 atom stereocenters. The number of carboxylic acids is 1. The van der Waals surface area contributed by atoms with Gasteiger partial charge in [0.15, 0.2) is 0 Å². The molecule has 1 unspecified atom stereocenters. The molecule has 2 N–H and O–H groups in total. The molecular formula is C30H56BNO7. The van der Waals surface area contributed by atoms with Crippen molar-refractivity contribution in [3.63, 3.8) is 0 Å². The summed E-state index contributed by atoms with van der Waals surface area (Å²) in [5.74, 6) is -0.586. The Morgan fingerprint density at radius 1 is 0.795 bits per heavy atom. The van der Waals surface area contributed by atoms with Gasteiger partial charge in [0.05, 0.1) is 18.8 Å². The van der Waals surface area contributed by atoms with Crippen LogP contribution in [0.4, 0.5) is 0 Å². The molecule has 2 radical (unpaired) electrons. The summed E-state index contributed by atoms with van der Waals surface area (Å²) in [6.07, 6.45) is 14.5. The summed E-state index contributed by atoms with van der Waals surface area (Å²) in [6.45, 7) is 9.40. The lowest BCUT2D eigenvalue weighted by atomic mass is 9.92. The zero-order chi connectivity index (χ0) is 28.9. The predicted octanol–water partition coefficient (Wildman–Crippen LogP) is 5.54. The largest absolute Gasteiger partial charge is 0.481 e. The molecule has 39 heavy (non-hydrogen) atoms. The fourth-order valence-corrected chi connectivity index (χ4v) is 4.78. The highest BCUT2D eigenvalue weighted by molar-refractivity contribution is 6.11. The normalized spacial score (nSPS) is 21.2. The number of ether oxygens (including phenoxy) is 4. The molecule has 8 nitrogen and oxygen atoms in total. The number of carbonyl (C=O) groups is 2. The third kappa shape index (κ3) is 18.8. The molecule has 0 bridgehead atoms. The van der Waals surface area contributed by atoms with E-state index in [2.05, 4.69) is 5.32 Å². The van der Waals surface area contributed by atoms with Gasteiger partial charge in [-0.15, -0.1) is 0 Å². The summed E-state index contributed by atoms with van der Waals surface area (Å²) in [6, 6.07) is -0.564. The highest BCUT2D eigenvalue weighted by Gasteiger charge is 2.44. The Balaban J connectivity index is 2.01. The number of nitrogens with one attached hydrogen (secondary N) is 1. The molecule has 1 fully saturated rings. The first-order chi connectivity index (χ1) is 18.7. The number of hydrogen-bond donors (Lipinski definition) is 2. The van der Waals surface area contributed by atoms with E-state index in [1.54, 1.807) is 0 Å². The lowest BCUT2D eigenvalue weighted by molar-refractivity contribution is -0.137. The summed E-state index contributed by atoms with van der Waals surface area (Å²) in [7, 11) is 6.18. The third-order valence-corrected chi connectivity index (χ3v) is 6.87. The lowest BCUT2D eigenvalue weighted by Gasteiger charge is -2.26. The fraction of sp³-hybridized carbons (Fsp3) is 0.933. The van der Waals surface area contributed by atoms with Crippen LogP contribution < -0.4 is 5.32 Å². The first-order valence-corrected chi connectivity index (χ1v) is 15.5. The van der Waals surface area contributed by atoms with Crippen LogP contribution in [0.15, 0.2) is 0 Å². The highest BCUT2D eigenvalue weighted by atomic mass is 16.6. The van der Waals surface area contributed by atoms with Crippen LogP contribution in [-0.2, 0) is 28.5 Å². The molecule has 1 heterocycles. The van der Waals surface area contributed by atoms with E-state index >= 15 is 0 Å². The predicted molar refractivity (Wildman–Crippen MR) is 155 cm³/mol. The van der Waals surface area contributed by atoms with E-state index in [0.717, 1.165) is 32.1 Å². The molecule has 226 valence electrons. The zero-order valence-corrected chi connectivity index (χ0v) is 25.2. The number of hydrogen-bond acceptors (Lipinski definition) is 6. The molecule has 1 rings (SSSR count). The second-order valence-corrected chi connectivity index (χ2v) is 11.3. The van der Waals surface area contributed by atoms with Crippen LogP contribution >= 0.6 is 0 Å². The average Bonchev–Trinajstić information content (AvgIpc) is 3.15. The standard InChI is InChI=1S/C30H56BNO7/c1-23(2)37-22-25-28(38-24(3)4)29(30(31)39-25)36-21-17-20-32-26(33)18-15-13-11-9-7-5-6-8-10-12-14-16-19-27(34)35/h23-25,28-30H,5-22H2,1-4H3,(H,32,33)(H,34,35)/t25-,28?,29+,30-/m1/s1. The molecule has 0 saturated carbocycles. The molecule has 0 spiro atoms. The second kappa shape index (κ2) is 22.5. The van der Waals surface area contributed by atoms with Crippen LogP contribution in [-0.4, -0.2) is 81.1 Å². The Hall–Kier alpha value is -1.16. The van der Waals surface area contributed by atoms with E-state index in [9.17, 15) is 9.59 Å². The zero-order valence-electron chi connectivity index (χ0n) is 25.2. The van der Waals surface area contributed by atoms with Gasteiger partial charge in [-0.1, -0.05) is 64.2 Å². The van der Waals surface area contributed by atoms with Crippen molar-refractivity contribution >= 4 is 19.7 Å². The molecule has 1 aliphatic rings. The van der Waals surface area contributed by atoms with Crippen LogP contribution in [0.3, 0.4) is 0 Å². The topological polar surface area (TPSA) is 103 Å². The second-order valence-electron chi connectivity index (χ2n) is 11.3. The molecule has 1 amide bonds. The van der Waals surface area contributed by atoms with Crippen LogP contribution in [0.5, 0.6) is 0 Å². The molecule has 0 aromatic heterocycles. The number of rotatable bonds is 25. The molecular weight excluding hydrogens is 497 g/mol. The van der Waals surface area contributed by atoms with Gasteiger partial charge in [-0.25, -0.2) is 0 Å². The van der Waals surface area contributed by atoms with Crippen molar-refractivity contribution in [1.82, 2.24) is 5.32 Å². The summed E-state index contributed by atoms with van der Waals surface area (Å²) in [4.78, 5) is 22.6. The average molecular weight is 554 g/mol. The van der Waals surface area contributed by atoms with Gasteiger partial charge in [0.2, 0.25) is 5.91 Å². The summed E-state index contributed by atoms with van der Waals surface area (Å²) in [5.41, 5.74) is 0. The number of carboxylic acid groups (broad SMARTS) is 1. The van der Waals surface area contributed by atoms with E-state index in [0.29, 0.717) is 39.0 Å². The number of aliphatic carboxylic acids is 1. The Bertz CT molecular complexity index is 634. The minimum absolute atomic E-state index is 0.0232. The fourth-order valence-electron chi connectivity index (χ4n) is 4.78. The van der Waals surface area contributed by atoms with Crippen LogP contribution in [0.25, 0.3) is 0 Å². The maximum Gasteiger partial charge on any atom is 0.303 e. The van der Waals surface area contributed by atoms with E-state index in [1.807, 2.05) is 27.7 Å². The van der Waals surface area contributed by atoms with E-state index in [-0.39, 0.29) is 36.4 Å². The molecule has 9 heteroatoms. The first-order valence-electron chi connectivity index (χ1n) is 15.5. The summed E-state index contributed by atoms with van der Waals surface area (Å²) >= 11 is 0. The van der Waals surface area contributed by atoms with Crippen LogP contribution in [0.2, 0.25) is 0 Å². The first kappa shape index (κ1) is 35.9. The number of unbranched alkanes of at least 4 members (excludes halogenated alkanes) is 11. The number of carbonyl (C=O) groups excluding carboxylic acids is 1. The smallest absolute Gasteiger partial charge is 0.303 e. The van der Waals surface area contributed by atoms with Crippen LogP contribution in [0, 0.1) is 0 Å². The Morgan fingerprint density at radius 3 is 1.85 bits per heavy atom. The maximum atomic E-state index is 12.1. The monoisotopic (exact) mass is 553 g/mol. The van der Waals surface area contributed by atoms with E-state index in [1.165, 1.54) is 44.9 Å². The SMILES string of the molecule is [B][C@@H]1O[C@H](COC(C)C)C(OC(C)C)[C@@H]1OCCCNC(=O)CCCCCCCCCCCCCCC(=O)O. The third-order valence-electron chi connectivity index (χ3n) is 6.87. The quantitative estimate of drug-likeness (QED) is 0.113. The van der Waals surface area contributed by atoms with Crippen molar-refractivity contribution in [1.29, 1.82) is 0 Å². The van der Waals surface area contributed by atoms with Gasteiger partial charge in [0, 0.05) is 32.0 Å². The van der Waals surface area contributed by atoms with Gasteiger partial charge in [-0.2, -0.15) is 0 Å². The molecule has 1 aliphatic heterocycles.